The molecule has 2 aromatic carbocycles. The maximum Gasteiger partial charge on any atom is 0.263 e. The first kappa shape index (κ1) is 16.0. The van der Waals surface area contributed by atoms with Crippen LogP contribution in [0.3, 0.4) is 0 Å². The van der Waals surface area contributed by atoms with Gasteiger partial charge in [0.25, 0.3) is 10.0 Å². The zero-order chi connectivity index (χ0) is 15.8. The summed E-state index contributed by atoms with van der Waals surface area (Å²) in [6.45, 7) is 0. The topological polar surface area (TPSA) is 72.2 Å². The van der Waals surface area contributed by atoms with Gasteiger partial charge in [-0.15, -0.1) is 0 Å². The molecule has 4 nitrogen and oxygen atoms in total. The van der Waals surface area contributed by atoms with Crippen molar-refractivity contribution < 1.29 is 17.2 Å². The normalized spacial score (nSPS) is 11.4. The Morgan fingerprint density at radius 3 is 2.48 bits per heavy atom. The van der Waals surface area contributed by atoms with Gasteiger partial charge in [0.05, 0.1) is 16.4 Å². The molecule has 2 aromatic rings. The molecule has 0 bridgehead atoms. The van der Waals surface area contributed by atoms with E-state index in [0.29, 0.717) is 0 Å². The van der Waals surface area contributed by atoms with Crippen LogP contribution in [0.5, 0.6) is 0 Å². The predicted molar refractivity (Wildman–Crippen MR) is 80.7 cm³/mol. The van der Waals surface area contributed by atoms with E-state index in [2.05, 4.69) is 20.7 Å². The van der Waals surface area contributed by atoms with Crippen molar-refractivity contribution in [3.05, 3.63) is 51.5 Å². The lowest BCUT2D eigenvalue weighted by Gasteiger charge is -2.12. The second-order valence-electron chi connectivity index (χ2n) is 4.03. The van der Waals surface area contributed by atoms with Crippen molar-refractivity contribution in [2.24, 2.45) is 0 Å². The maximum atomic E-state index is 13.2. The average molecular weight is 398 g/mol. The van der Waals surface area contributed by atoms with E-state index in [1.165, 1.54) is 6.07 Å². The van der Waals surface area contributed by atoms with Crippen LogP contribution in [-0.4, -0.2) is 8.42 Å². The van der Waals surface area contributed by atoms with Gasteiger partial charge in [0.1, 0.15) is 16.5 Å². The molecule has 0 aliphatic rings. The van der Waals surface area contributed by atoms with Crippen LogP contribution < -0.4 is 10.5 Å². The Labute approximate surface area is 133 Å². The van der Waals surface area contributed by atoms with E-state index in [1.807, 2.05) is 0 Å². The highest BCUT2D eigenvalue weighted by Crippen LogP contribution is 2.30. The van der Waals surface area contributed by atoms with Gasteiger partial charge in [-0.1, -0.05) is 11.6 Å². The van der Waals surface area contributed by atoms with Crippen molar-refractivity contribution in [1.82, 2.24) is 0 Å². The molecule has 0 fully saturated rings. The van der Waals surface area contributed by atoms with Gasteiger partial charge in [-0.2, -0.15) is 0 Å². The van der Waals surface area contributed by atoms with E-state index in [9.17, 15) is 17.2 Å². The molecule has 112 valence electrons. The summed E-state index contributed by atoms with van der Waals surface area (Å²) in [5, 5.41) is -0.313. The standard InChI is InChI=1S/C12H8BrClF2N2O2S/c13-7-3-6(15)1-2-11(7)18-21(19,20)12-5-10(17)9(16)4-8(12)14/h1-5,18H,17H2. The van der Waals surface area contributed by atoms with E-state index < -0.39 is 21.7 Å². The van der Waals surface area contributed by atoms with Crippen LogP contribution >= 0.6 is 27.5 Å². The van der Waals surface area contributed by atoms with E-state index in [1.54, 1.807) is 0 Å². The Bertz CT molecular complexity index is 815. The molecule has 3 N–H and O–H groups in total. The van der Waals surface area contributed by atoms with Crippen LogP contribution in [0.1, 0.15) is 0 Å². The minimum Gasteiger partial charge on any atom is -0.396 e. The van der Waals surface area contributed by atoms with Crippen LogP contribution in [0.2, 0.25) is 5.02 Å². The average Bonchev–Trinajstić information content (AvgIpc) is 2.37. The SMILES string of the molecule is Nc1cc(S(=O)(=O)Nc2ccc(F)cc2Br)c(Cl)cc1F. The number of rotatable bonds is 3. The van der Waals surface area contributed by atoms with E-state index >= 15 is 0 Å². The van der Waals surface area contributed by atoms with Crippen molar-refractivity contribution in [3.8, 4) is 0 Å². The van der Waals surface area contributed by atoms with Gasteiger partial charge in [-0.05, 0) is 46.3 Å². The molecule has 21 heavy (non-hydrogen) atoms. The highest BCUT2D eigenvalue weighted by Gasteiger charge is 2.21. The number of sulfonamides is 1. The minimum atomic E-state index is -4.10. The van der Waals surface area contributed by atoms with Crippen LogP contribution in [-0.2, 0) is 10.0 Å². The molecule has 0 heterocycles. The minimum absolute atomic E-state index is 0.107. The number of benzene rings is 2. The first-order chi connectivity index (χ1) is 9.70. The highest BCUT2D eigenvalue weighted by molar-refractivity contribution is 9.10. The van der Waals surface area contributed by atoms with Crippen molar-refractivity contribution >= 4 is 48.9 Å². The number of nitrogen functional groups attached to an aromatic ring is 1. The summed E-state index contributed by atoms with van der Waals surface area (Å²) in [5.41, 5.74) is 5.10. The van der Waals surface area contributed by atoms with Gasteiger partial charge >= 0.3 is 0 Å². The molecule has 0 aromatic heterocycles. The fourth-order valence-corrected chi connectivity index (χ4v) is 3.73. The third-order valence-electron chi connectivity index (χ3n) is 2.52. The Hall–Kier alpha value is -1.38. The van der Waals surface area contributed by atoms with E-state index in [-0.39, 0.29) is 25.8 Å². The lowest BCUT2D eigenvalue weighted by molar-refractivity contribution is 0.600. The quantitative estimate of drug-likeness (QED) is 0.775. The summed E-state index contributed by atoms with van der Waals surface area (Å²) in [7, 11) is -4.10. The van der Waals surface area contributed by atoms with Crippen LogP contribution in [0.15, 0.2) is 39.7 Å². The van der Waals surface area contributed by atoms with Gasteiger partial charge < -0.3 is 5.73 Å². The first-order valence-electron chi connectivity index (χ1n) is 5.43. The Morgan fingerprint density at radius 1 is 1.19 bits per heavy atom. The van der Waals surface area contributed by atoms with Crippen molar-refractivity contribution in [2.45, 2.75) is 4.90 Å². The summed E-state index contributed by atoms with van der Waals surface area (Å²) >= 11 is 8.76. The zero-order valence-electron chi connectivity index (χ0n) is 10.2. The molecule has 0 amide bonds. The summed E-state index contributed by atoms with van der Waals surface area (Å²) in [4.78, 5) is -0.376. The Kier molecular flexibility index (Phi) is 4.40. The van der Waals surface area contributed by atoms with Gasteiger partial charge in [-0.3, -0.25) is 4.72 Å². The zero-order valence-corrected chi connectivity index (χ0v) is 13.4. The maximum absolute atomic E-state index is 13.2. The van der Waals surface area contributed by atoms with Crippen LogP contribution in [0, 0.1) is 11.6 Å². The fourth-order valence-electron chi connectivity index (χ4n) is 1.52. The largest absolute Gasteiger partial charge is 0.396 e. The summed E-state index contributed by atoms with van der Waals surface area (Å²) < 4.78 is 53.1. The second-order valence-corrected chi connectivity index (χ2v) is 6.95. The molecule has 0 saturated carbocycles. The monoisotopic (exact) mass is 396 g/mol. The van der Waals surface area contributed by atoms with E-state index in [4.69, 9.17) is 17.3 Å². The molecule has 2 rings (SSSR count). The summed E-state index contributed by atoms with van der Waals surface area (Å²) in [5.74, 6) is -1.35. The lowest BCUT2D eigenvalue weighted by atomic mass is 10.3. The van der Waals surface area contributed by atoms with Crippen molar-refractivity contribution in [3.63, 3.8) is 0 Å². The Balaban J connectivity index is 2.46. The molecular weight excluding hydrogens is 390 g/mol. The molecule has 0 spiro atoms. The molecule has 0 aliphatic carbocycles. The fraction of sp³-hybridized carbons (Fsp3) is 0. The molecule has 0 unspecified atom stereocenters. The molecule has 0 atom stereocenters. The Morgan fingerprint density at radius 2 is 1.86 bits per heavy atom. The third-order valence-corrected chi connectivity index (χ3v) is 5.00. The molecular formula is C12H8BrClF2N2O2S. The van der Waals surface area contributed by atoms with Crippen LogP contribution in [0.25, 0.3) is 0 Å². The van der Waals surface area contributed by atoms with Gasteiger partial charge in [0.2, 0.25) is 0 Å². The number of halogens is 4. The smallest absolute Gasteiger partial charge is 0.263 e. The number of nitrogens with two attached hydrogens (primary N) is 1. The molecule has 0 saturated heterocycles. The number of hydrogen-bond acceptors (Lipinski definition) is 3. The highest BCUT2D eigenvalue weighted by atomic mass is 79.9. The third kappa shape index (κ3) is 3.45. The number of nitrogens with one attached hydrogen (secondary N) is 1. The van der Waals surface area contributed by atoms with Gasteiger partial charge in [0.15, 0.2) is 0 Å². The van der Waals surface area contributed by atoms with E-state index in [0.717, 1.165) is 24.3 Å². The second kappa shape index (κ2) is 5.78. The molecule has 9 heteroatoms. The summed E-state index contributed by atoms with van der Waals surface area (Å²) in [6.07, 6.45) is 0. The predicted octanol–water partition coefficient (Wildman–Crippen LogP) is 3.76. The number of anilines is 2. The van der Waals surface area contributed by atoms with Crippen molar-refractivity contribution in [1.29, 1.82) is 0 Å². The van der Waals surface area contributed by atoms with Gasteiger partial charge in [-0.25, -0.2) is 17.2 Å². The molecule has 0 radical (unpaired) electrons. The van der Waals surface area contributed by atoms with Gasteiger partial charge in [0, 0.05) is 4.47 Å². The molecule has 0 aliphatic heterocycles. The number of hydrogen-bond donors (Lipinski definition) is 2. The van der Waals surface area contributed by atoms with Crippen LogP contribution in [0.4, 0.5) is 20.2 Å². The lowest BCUT2D eigenvalue weighted by Crippen LogP contribution is -2.14. The summed E-state index contributed by atoms with van der Waals surface area (Å²) in [6, 6.07) is 5.14. The van der Waals surface area contributed by atoms with Crippen molar-refractivity contribution in [2.75, 3.05) is 10.5 Å². The first-order valence-corrected chi connectivity index (χ1v) is 8.08.